The smallest absolute Gasteiger partial charge is 0.130 e. The molecule has 3 aromatic heterocycles. The Morgan fingerprint density at radius 2 is 0.906 bits per heavy atom. The van der Waals surface area contributed by atoms with E-state index in [-0.39, 0.29) is 0 Å². The highest BCUT2D eigenvalue weighted by Gasteiger charge is 2.14. The minimum Gasteiger partial charge on any atom is -0.347 e. The molecular formula is C47H36N6. The third-order valence-electron chi connectivity index (χ3n) is 9.08. The number of benzene rings is 5. The highest BCUT2D eigenvalue weighted by Crippen LogP contribution is 2.37. The molecule has 3 heterocycles. The summed E-state index contributed by atoms with van der Waals surface area (Å²) in [5, 5.41) is 1.13. The summed E-state index contributed by atoms with van der Waals surface area (Å²) >= 11 is 0. The van der Waals surface area contributed by atoms with Crippen LogP contribution in [0.1, 0.15) is 11.1 Å². The monoisotopic (exact) mass is 684 g/mol. The van der Waals surface area contributed by atoms with Crippen molar-refractivity contribution in [1.29, 1.82) is 0 Å². The molecule has 0 aliphatic carbocycles. The Morgan fingerprint density at radius 1 is 0.472 bits per heavy atom. The summed E-state index contributed by atoms with van der Waals surface area (Å²) in [7, 11) is 0. The van der Waals surface area contributed by atoms with Crippen LogP contribution >= 0.6 is 0 Å². The number of fused-ring (bicyclic) bond motifs is 1. The van der Waals surface area contributed by atoms with Crippen LogP contribution in [0.2, 0.25) is 0 Å². The average molecular weight is 685 g/mol. The Hall–Kier alpha value is -7.31. The summed E-state index contributed by atoms with van der Waals surface area (Å²) in [4.78, 5) is 22.5. The number of hydrogen-bond acceptors (Lipinski definition) is 4. The minimum absolute atomic E-state index is 0.681. The van der Waals surface area contributed by atoms with Gasteiger partial charge in [-0.1, -0.05) is 104 Å². The second-order valence-electron chi connectivity index (χ2n) is 12.6. The van der Waals surface area contributed by atoms with E-state index >= 15 is 0 Å². The molecule has 2 N–H and O–H groups in total. The molecule has 0 saturated heterocycles. The third kappa shape index (κ3) is 7.43. The minimum atomic E-state index is 0.681. The summed E-state index contributed by atoms with van der Waals surface area (Å²) in [5.41, 5.74) is 13.3. The molecule has 5 aromatic carbocycles. The molecule has 254 valence electrons. The number of nitrogens with zero attached hydrogens (tertiary/aromatic N) is 4. The van der Waals surface area contributed by atoms with Crippen molar-refractivity contribution in [2.75, 3.05) is 4.90 Å². The fourth-order valence-corrected chi connectivity index (χ4v) is 6.27. The van der Waals surface area contributed by atoms with Gasteiger partial charge in [-0.2, -0.15) is 0 Å². The predicted octanol–water partition coefficient (Wildman–Crippen LogP) is 10.8. The topological polar surface area (TPSA) is 72.4 Å². The molecule has 0 fully saturated rings. The standard InChI is InChI=1S/C47H36N6/c1-33(51-46-11-5-7-29-48-46)35-17-23-42(24-18-35)53(43-25-19-36(20-26-43)34(2)52-47-12-6-8-30-49-47)44-27-21-38(22-28-44)37-13-15-39(16-14-37)41-31-40-9-3-4-10-45(40)50-32-41/h3-32H,1-2H2,(H,48,51)(H,49,52). The van der Waals surface area contributed by atoms with Gasteiger partial charge in [0.05, 0.1) is 16.9 Å². The highest BCUT2D eigenvalue weighted by molar-refractivity contribution is 5.84. The SMILES string of the molecule is C=C(N=c1cccc[nH]1)c1ccc(N(c2ccc(C(=C)N=c3cccc[nH]3)cc2)c2ccc(-c3ccc(-c4cnc5ccccc5c4)cc3)cc2)cc1. The van der Waals surface area contributed by atoms with Crippen LogP contribution in [0.4, 0.5) is 17.1 Å². The molecule has 6 nitrogen and oxygen atoms in total. The number of aromatic nitrogens is 3. The number of H-pyrrole nitrogens is 2. The van der Waals surface area contributed by atoms with Gasteiger partial charge in [-0.05, 0) is 101 Å². The fraction of sp³-hybridized carbons (Fsp3) is 0. The maximum Gasteiger partial charge on any atom is 0.130 e. The number of hydrogen-bond donors (Lipinski definition) is 2. The van der Waals surface area contributed by atoms with Crippen LogP contribution in [0.5, 0.6) is 0 Å². The quantitative estimate of drug-likeness (QED) is 0.159. The lowest BCUT2D eigenvalue weighted by atomic mass is 10.00. The van der Waals surface area contributed by atoms with Gasteiger partial charge in [0.2, 0.25) is 0 Å². The fourth-order valence-electron chi connectivity index (χ4n) is 6.27. The number of para-hydroxylation sites is 1. The van der Waals surface area contributed by atoms with Gasteiger partial charge < -0.3 is 14.9 Å². The summed E-state index contributed by atoms with van der Waals surface area (Å²) in [6.07, 6.45) is 5.65. The van der Waals surface area contributed by atoms with Gasteiger partial charge in [-0.3, -0.25) is 4.98 Å². The highest BCUT2D eigenvalue weighted by atomic mass is 15.1. The largest absolute Gasteiger partial charge is 0.347 e. The van der Waals surface area contributed by atoms with Gasteiger partial charge in [0.15, 0.2) is 0 Å². The predicted molar refractivity (Wildman–Crippen MR) is 218 cm³/mol. The van der Waals surface area contributed by atoms with Crippen molar-refractivity contribution in [2.24, 2.45) is 9.98 Å². The molecule has 0 aliphatic heterocycles. The first-order chi connectivity index (χ1) is 26.1. The zero-order chi connectivity index (χ0) is 36.0. The molecule has 0 spiro atoms. The maximum atomic E-state index is 4.66. The summed E-state index contributed by atoms with van der Waals surface area (Å²) in [6, 6.07) is 56.0. The van der Waals surface area contributed by atoms with Gasteiger partial charge in [0.1, 0.15) is 11.0 Å². The van der Waals surface area contributed by atoms with Crippen LogP contribution in [0, 0.1) is 0 Å². The summed E-state index contributed by atoms with van der Waals surface area (Å²) in [5.74, 6) is 0. The lowest BCUT2D eigenvalue weighted by Crippen LogP contribution is -2.10. The number of pyridine rings is 3. The van der Waals surface area contributed by atoms with Gasteiger partial charge in [0, 0.05) is 46.6 Å². The van der Waals surface area contributed by atoms with Crippen LogP contribution < -0.4 is 15.9 Å². The Morgan fingerprint density at radius 3 is 1.40 bits per heavy atom. The van der Waals surface area contributed by atoms with Crippen LogP contribution in [0.3, 0.4) is 0 Å². The summed E-state index contributed by atoms with van der Waals surface area (Å²) in [6.45, 7) is 8.44. The van der Waals surface area contributed by atoms with Crippen LogP contribution in [0.25, 0.3) is 44.6 Å². The zero-order valence-electron chi connectivity index (χ0n) is 29.0. The summed E-state index contributed by atoms with van der Waals surface area (Å²) < 4.78 is 0. The molecule has 0 amide bonds. The van der Waals surface area contributed by atoms with Gasteiger partial charge >= 0.3 is 0 Å². The van der Waals surface area contributed by atoms with E-state index in [1.54, 1.807) is 0 Å². The van der Waals surface area contributed by atoms with Gasteiger partial charge in [-0.25, -0.2) is 9.98 Å². The van der Waals surface area contributed by atoms with Gasteiger partial charge in [0.25, 0.3) is 0 Å². The molecule has 0 unspecified atom stereocenters. The molecule has 53 heavy (non-hydrogen) atoms. The first-order valence-corrected chi connectivity index (χ1v) is 17.4. The lowest BCUT2D eigenvalue weighted by molar-refractivity contribution is 1.15. The van der Waals surface area contributed by atoms with E-state index in [1.165, 1.54) is 0 Å². The van der Waals surface area contributed by atoms with Crippen molar-refractivity contribution in [3.05, 3.63) is 218 Å². The normalized spacial score (nSPS) is 11.8. The number of rotatable bonds is 9. The first-order valence-electron chi connectivity index (χ1n) is 17.4. The van der Waals surface area contributed by atoms with Crippen molar-refractivity contribution in [3.63, 3.8) is 0 Å². The van der Waals surface area contributed by atoms with Crippen LogP contribution in [0.15, 0.2) is 206 Å². The van der Waals surface area contributed by atoms with E-state index in [0.717, 1.165) is 72.3 Å². The zero-order valence-corrected chi connectivity index (χ0v) is 29.0. The average Bonchev–Trinajstić information content (AvgIpc) is 3.22. The molecule has 0 saturated carbocycles. The van der Waals surface area contributed by atoms with Crippen molar-refractivity contribution in [2.45, 2.75) is 0 Å². The van der Waals surface area contributed by atoms with Crippen molar-refractivity contribution in [1.82, 2.24) is 15.0 Å². The van der Waals surface area contributed by atoms with Crippen molar-refractivity contribution >= 4 is 39.4 Å². The van der Waals surface area contributed by atoms with Crippen LogP contribution in [-0.2, 0) is 0 Å². The van der Waals surface area contributed by atoms with Crippen molar-refractivity contribution < 1.29 is 0 Å². The number of aromatic amines is 2. The Kier molecular flexibility index (Phi) is 9.23. The Labute approximate surface area is 308 Å². The van der Waals surface area contributed by atoms with E-state index in [1.807, 2.05) is 73.2 Å². The maximum absolute atomic E-state index is 4.66. The molecule has 0 bridgehead atoms. The third-order valence-corrected chi connectivity index (χ3v) is 9.08. The van der Waals surface area contributed by atoms with Gasteiger partial charge in [-0.15, -0.1) is 0 Å². The second kappa shape index (κ2) is 14.9. The van der Waals surface area contributed by atoms with Crippen LogP contribution in [-0.4, -0.2) is 15.0 Å². The van der Waals surface area contributed by atoms with E-state index in [0.29, 0.717) is 11.4 Å². The Balaban J connectivity index is 1.09. The second-order valence-corrected chi connectivity index (χ2v) is 12.6. The molecule has 0 radical (unpaired) electrons. The number of nitrogens with one attached hydrogen (secondary N) is 2. The van der Waals surface area contributed by atoms with E-state index in [9.17, 15) is 0 Å². The van der Waals surface area contributed by atoms with E-state index < -0.39 is 0 Å². The molecule has 8 aromatic rings. The lowest BCUT2D eigenvalue weighted by Gasteiger charge is -2.26. The molecule has 0 aliphatic rings. The molecule has 8 rings (SSSR count). The van der Waals surface area contributed by atoms with Crippen molar-refractivity contribution in [3.8, 4) is 22.3 Å². The Bertz CT molecular complexity index is 2540. The van der Waals surface area contributed by atoms with E-state index in [4.69, 9.17) is 0 Å². The number of anilines is 3. The first kappa shape index (κ1) is 32.9. The molecule has 0 atom stereocenters. The van der Waals surface area contributed by atoms with E-state index in [2.05, 4.69) is 152 Å². The molecular weight excluding hydrogens is 649 g/mol. The molecule has 6 heteroatoms.